The standard InChI is InChI=1S/C11H10OS2/c12-14-9-8-13-11(14)7-6-10-4-2-1-3-5-10/h1-5,11H,8-9H2. The van der Waals surface area contributed by atoms with Crippen LogP contribution in [0.1, 0.15) is 5.56 Å². The average Bonchev–Trinajstić information content (AvgIpc) is 2.63. The van der Waals surface area contributed by atoms with Gasteiger partial charge in [0.25, 0.3) is 0 Å². The smallest absolute Gasteiger partial charge is 0.141 e. The van der Waals surface area contributed by atoms with Gasteiger partial charge in [-0.3, -0.25) is 4.21 Å². The minimum atomic E-state index is -0.745. The van der Waals surface area contributed by atoms with Crippen molar-refractivity contribution in [3.8, 4) is 11.8 Å². The fraction of sp³-hybridized carbons (Fsp3) is 0.273. The van der Waals surface area contributed by atoms with Crippen LogP contribution in [0.2, 0.25) is 0 Å². The number of hydrogen-bond acceptors (Lipinski definition) is 2. The van der Waals surface area contributed by atoms with E-state index in [1.165, 1.54) is 0 Å². The summed E-state index contributed by atoms with van der Waals surface area (Å²) in [5, 5.41) is 0. The first-order valence-electron chi connectivity index (χ1n) is 4.41. The highest BCUT2D eigenvalue weighted by molar-refractivity contribution is 8.14. The van der Waals surface area contributed by atoms with Crippen LogP contribution in [0.5, 0.6) is 0 Å². The van der Waals surface area contributed by atoms with Crippen molar-refractivity contribution in [3.63, 3.8) is 0 Å². The van der Waals surface area contributed by atoms with E-state index in [0.29, 0.717) is 0 Å². The van der Waals surface area contributed by atoms with Crippen molar-refractivity contribution < 1.29 is 4.21 Å². The van der Waals surface area contributed by atoms with Gasteiger partial charge in [-0.05, 0) is 12.1 Å². The van der Waals surface area contributed by atoms with Crippen LogP contribution in [0, 0.1) is 11.8 Å². The Labute approximate surface area is 90.7 Å². The lowest BCUT2D eigenvalue weighted by molar-refractivity contribution is 0.686. The molecule has 1 aliphatic heterocycles. The van der Waals surface area contributed by atoms with Gasteiger partial charge >= 0.3 is 0 Å². The van der Waals surface area contributed by atoms with Gasteiger partial charge in [-0.15, -0.1) is 11.8 Å². The normalized spacial score (nSPS) is 25.4. The van der Waals surface area contributed by atoms with E-state index in [0.717, 1.165) is 17.1 Å². The number of hydrogen-bond donors (Lipinski definition) is 0. The molecule has 1 fully saturated rings. The molecule has 0 bridgehead atoms. The quantitative estimate of drug-likeness (QED) is 0.623. The van der Waals surface area contributed by atoms with Crippen LogP contribution in [0.25, 0.3) is 0 Å². The zero-order valence-electron chi connectivity index (χ0n) is 7.60. The maximum Gasteiger partial charge on any atom is 0.141 e. The molecule has 0 radical (unpaired) electrons. The SMILES string of the molecule is O=S1CCSC1C#Cc1ccccc1. The summed E-state index contributed by atoms with van der Waals surface area (Å²) in [5.74, 6) is 7.88. The summed E-state index contributed by atoms with van der Waals surface area (Å²) < 4.78 is 11.4. The van der Waals surface area contributed by atoms with E-state index in [-0.39, 0.29) is 4.58 Å². The Hall–Kier alpha value is -0.720. The number of thioether (sulfide) groups is 1. The van der Waals surface area contributed by atoms with Gasteiger partial charge < -0.3 is 0 Å². The second-order valence-electron chi connectivity index (χ2n) is 2.92. The predicted molar refractivity (Wildman–Crippen MR) is 62.6 cm³/mol. The fourth-order valence-corrected chi connectivity index (χ4v) is 4.18. The predicted octanol–water partition coefficient (Wildman–Crippen LogP) is 1.86. The van der Waals surface area contributed by atoms with Gasteiger partial charge in [0.05, 0.1) is 0 Å². The molecule has 1 aliphatic rings. The van der Waals surface area contributed by atoms with Crippen LogP contribution >= 0.6 is 11.8 Å². The van der Waals surface area contributed by atoms with Crippen molar-refractivity contribution in [1.29, 1.82) is 0 Å². The highest BCUT2D eigenvalue weighted by Gasteiger charge is 2.20. The first-order valence-corrected chi connectivity index (χ1v) is 6.85. The summed E-state index contributed by atoms with van der Waals surface area (Å²) in [7, 11) is -0.745. The highest BCUT2D eigenvalue weighted by atomic mass is 32.2. The van der Waals surface area contributed by atoms with E-state index < -0.39 is 10.8 Å². The molecule has 1 aromatic carbocycles. The van der Waals surface area contributed by atoms with Crippen LogP contribution in [0.3, 0.4) is 0 Å². The summed E-state index contributed by atoms with van der Waals surface area (Å²) in [6.07, 6.45) is 0. The molecule has 1 saturated heterocycles. The van der Waals surface area contributed by atoms with Gasteiger partial charge in [0.2, 0.25) is 0 Å². The van der Waals surface area contributed by atoms with Crippen LogP contribution in [-0.4, -0.2) is 20.3 Å². The summed E-state index contributed by atoms with van der Waals surface area (Å²) in [6, 6.07) is 9.82. The van der Waals surface area contributed by atoms with E-state index in [1.54, 1.807) is 11.8 Å². The summed E-state index contributed by atoms with van der Waals surface area (Å²) >= 11 is 1.70. The van der Waals surface area contributed by atoms with Gasteiger partial charge in [-0.1, -0.05) is 30.0 Å². The maximum absolute atomic E-state index is 11.4. The van der Waals surface area contributed by atoms with Crippen LogP contribution in [-0.2, 0) is 10.8 Å². The number of benzene rings is 1. The lowest BCUT2D eigenvalue weighted by Gasteiger charge is -1.94. The van der Waals surface area contributed by atoms with Gasteiger partial charge in [0.15, 0.2) is 0 Å². The molecular formula is C11H10OS2. The summed E-state index contributed by atoms with van der Waals surface area (Å²) in [6.45, 7) is 0. The Kier molecular flexibility index (Phi) is 3.28. The molecule has 1 heterocycles. The van der Waals surface area contributed by atoms with Gasteiger partial charge in [0.1, 0.15) is 4.58 Å². The van der Waals surface area contributed by atoms with Crippen LogP contribution in [0.4, 0.5) is 0 Å². The van der Waals surface area contributed by atoms with Crippen molar-refractivity contribution >= 4 is 22.6 Å². The molecule has 1 aromatic rings. The zero-order chi connectivity index (χ0) is 9.80. The molecule has 72 valence electrons. The molecule has 0 aromatic heterocycles. The Morgan fingerprint density at radius 3 is 2.79 bits per heavy atom. The van der Waals surface area contributed by atoms with Crippen molar-refractivity contribution in [3.05, 3.63) is 35.9 Å². The van der Waals surface area contributed by atoms with Crippen molar-refractivity contribution in [2.45, 2.75) is 4.58 Å². The summed E-state index contributed by atoms with van der Waals surface area (Å²) in [5.41, 5.74) is 0.997. The second-order valence-corrected chi connectivity index (χ2v) is 6.08. The minimum Gasteiger partial charge on any atom is -0.257 e. The van der Waals surface area contributed by atoms with Crippen LogP contribution in [0.15, 0.2) is 30.3 Å². The van der Waals surface area contributed by atoms with E-state index >= 15 is 0 Å². The van der Waals surface area contributed by atoms with E-state index in [4.69, 9.17) is 0 Å². The molecular weight excluding hydrogens is 212 g/mol. The first-order chi connectivity index (χ1) is 6.86. The Balaban J connectivity index is 2.10. The van der Waals surface area contributed by atoms with E-state index in [9.17, 15) is 4.21 Å². The van der Waals surface area contributed by atoms with E-state index in [1.807, 2.05) is 30.3 Å². The minimum absolute atomic E-state index is 0.0233. The molecule has 1 nitrogen and oxygen atoms in total. The van der Waals surface area contributed by atoms with Crippen LogP contribution < -0.4 is 0 Å². The van der Waals surface area contributed by atoms with Gasteiger partial charge in [0, 0.05) is 27.9 Å². The second kappa shape index (κ2) is 4.68. The summed E-state index contributed by atoms with van der Waals surface area (Å²) in [4.78, 5) is 0. The molecule has 0 N–H and O–H groups in total. The van der Waals surface area contributed by atoms with E-state index in [2.05, 4.69) is 11.8 Å². The maximum atomic E-state index is 11.4. The first kappa shape index (κ1) is 9.82. The lowest BCUT2D eigenvalue weighted by Crippen LogP contribution is -2.02. The molecule has 3 heteroatoms. The lowest BCUT2D eigenvalue weighted by atomic mass is 10.2. The van der Waals surface area contributed by atoms with Crippen molar-refractivity contribution in [2.24, 2.45) is 0 Å². The highest BCUT2D eigenvalue weighted by Crippen LogP contribution is 2.22. The Morgan fingerprint density at radius 1 is 1.36 bits per heavy atom. The molecule has 0 saturated carbocycles. The molecule has 14 heavy (non-hydrogen) atoms. The largest absolute Gasteiger partial charge is 0.257 e. The Bertz CT molecular complexity index is 389. The molecule has 0 spiro atoms. The third-order valence-corrected chi connectivity index (χ3v) is 5.27. The zero-order valence-corrected chi connectivity index (χ0v) is 9.24. The third-order valence-electron chi connectivity index (χ3n) is 1.90. The molecule has 2 unspecified atom stereocenters. The van der Waals surface area contributed by atoms with Crippen molar-refractivity contribution in [2.75, 3.05) is 11.5 Å². The van der Waals surface area contributed by atoms with Crippen molar-refractivity contribution in [1.82, 2.24) is 0 Å². The molecule has 2 atom stereocenters. The molecule has 2 rings (SSSR count). The van der Waals surface area contributed by atoms with Gasteiger partial charge in [-0.2, -0.15) is 0 Å². The monoisotopic (exact) mass is 222 g/mol. The fourth-order valence-electron chi connectivity index (χ4n) is 1.19. The Morgan fingerprint density at radius 2 is 2.14 bits per heavy atom. The average molecular weight is 222 g/mol. The molecule has 0 amide bonds. The molecule has 0 aliphatic carbocycles. The van der Waals surface area contributed by atoms with Gasteiger partial charge in [-0.25, -0.2) is 0 Å². The topological polar surface area (TPSA) is 17.1 Å². The number of rotatable bonds is 0. The third kappa shape index (κ3) is 2.40.